The van der Waals surface area contributed by atoms with Crippen LogP contribution in [0.15, 0.2) is 27.1 Å². The van der Waals surface area contributed by atoms with Crippen LogP contribution in [0.4, 0.5) is 5.69 Å². The van der Waals surface area contributed by atoms with E-state index in [4.69, 9.17) is 15.9 Å². The summed E-state index contributed by atoms with van der Waals surface area (Å²) in [4.78, 5) is 10.9. The predicted octanol–water partition coefficient (Wildman–Crippen LogP) is 1.88. The molecule has 5 heteroatoms. The van der Waals surface area contributed by atoms with E-state index in [1.807, 2.05) is 6.07 Å². The number of nitrogens with two attached hydrogens (primary N) is 2. The zero-order valence-corrected chi connectivity index (χ0v) is 8.67. The Kier molecular flexibility index (Phi) is 1.96. The van der Waals surface area contributed by atoms with Crippen molar-refractivity contribution in [2.75, 3.05) is 5.73 Å². The molecule has 0 aliphatic rings. The highest BCUT2D eigenvalue weighted by molar-refractivity contribution is 9.10. The summed E-state index contributed by atoms with van der Waals surface area (Å²) >= 11 is 3.29. The quantitative estimate of drug-likeness (QED) is 0.815. The maximum Gasteiger partial charge on any atom is 0.286 e. The van der Waals surface area contributed by atoms with Crippen LogP contribution >= 0.6 is 15.9 Å². The number of carbonyl (C=O) groups excluding carboxylic acids is 1. The van der Waals surface area contributed by atoms with Crippen LogP contribution in [0.1, 0.15) is 10.6 Å². The maximum absolute atomic E-state index is 10.9. The van der Waals surface area contributed by atoms with E-state index in [9.17, 15) is 4.79 Å². The van der Waals surface area contributed by atoms with E-state index >= 15 is 0 Å². The number of rotatable bonds is 1. The minimum absolute atomic E-state index is 0.0121. The van der Waals surface area contributed by atoms with Crippen molar-refractivity contribution in [1.29, 1.82) is 0 Å². The van der Waals surface area contributed by atoms with Gasteiger partial charge in [-0.2, -0.15) is 0 Å². The fourth-order valence-corrected chi connectivity index (χ4v) is 1.61. The smallest absolute Gasteiger partial charge is 0.286 e. The molecule has 0 spiro atoms. The molecular weight excluding hydrogens is 248 g/mol. The molecule has 4 N–H and O–H groups in total. The van der Waals surface area contributed by atoms with Gasteiger partial charge in [0.05, 0.1) is 5.69 Å². The third kappa shape index (κ3) is 1.26. The van der Waals surface area contributed by atoms with Crippen molar-refractivity contribution in [3.63, 3.8) is 0 Å². The number of benzene rings is 1. The van der Waals surface area contributed by atoms with E-state index in [1.165, 1.54) is 0 Å². The number of carbonyl (C=O) groups is 1. The van der Waals surface area contributed by atoms with Crippen LogP contribution in [0.3, 0.4) is 0 Å². The molecule has 0 aliphatic carbocycles. The van der Waals surface area contributed by atoms with E-state index in [1.54, 1.807) is 12.1 Å². The van der Waals surface area contributed by atoms with Crippen LogP contribution in [0.2, 0.25) is 0 Å². The molecular formula is C9H7BrN2O2. The largest absolute Gasteiger partial charge is 0.449 e. The topological polar surface area (TPSA) is 82.2 Å². The number of primary amides is 1. The summed E-state index contributed by atoms with van der Waals surface area (Å²) in [6.45, 7) is 0. The van der Waals surface area contributed by atoms with Gasteiger partial charge in [0.15, 0.2) is 0 Å². The Bertz CT molecular complexity index is 519. The number of anilines is 1. The third-order valence-corrected chi connectivity index (χ3v) is 2.41. The Morgan fingerprint density at radius 1 is 1.43 bits per heavy atom. The molecule has 4 nitrogen and oxygen atoms in total. The van der Waals surface area contributed by atoms with Gasteiger partial charge in [-0.05, 0) is 18.2 Å². The molecule has 0 bridgehead atoms. The number of hydrogen-bond donors (Lipinski definition) is 2. The van der Waals surface area contributed by atoms with Gasteiger partial charge in [0.25, 0.3) is 5.91 Å². The summed E-state index contributed by atoms with van der Waals surface area (Å²) < 4.78 is 6.07. The molecule has 1 aromatic heterocycles. The van der Waals surface area contributed by atoms with Gasteiger partial charge in [0.1, 0.15) is 5.58 Å². The monoisotopic (exact) mass is 254 g/mol. The summed E-state index contributed by atoms with van der Waals surface area (Å²) in [7, 11) is 0. The van der Waals surface area contributed by atoms with Crippen LogP contribution < -0.4 is 11.5 Å². The Hall–Kier alpha value is -1.49. The highest BCUT2D eigenvalue weighted by Crippen LogP contribution is 2.29. The molecule has 2 aromatic rings. The molecule has 0 saturated heterocycles. The first-order valence-electron chi connectivity index (χ1n) is 3.87. The Morgan fingerprint density at radius 2 is 2.14 bits per heavy atom. The van der Waals surface area contributed by atoms with Gasteiger partial charge in [-0.25, -0.2) is 0 Å². The van der Waals surface area contributed by atoms with Crippen molar-refractivity contribution in [3.8, 4) is 0 Å². The highest BCUT2D eigenvalue weighted by atomic mass is 79.9. The molecule has 0 fully saturated rings. The summed E-state index contributed by atoms with van der Waals surface area (Å²) in [5.41, 5.74) is 11.6. The fraction of sp³-hybridized carbons (Fsp3) is 0. The average molecular weight is 255 g/mol. The third-order valence-electron chi connectivity index (χ3n) is 1.91. The van der Waals surface area contributed by atoms with Gasteiger partial charge in [-0.1, -0.05) is 15.9 Å². The summed E-state index contributed by atoms with van der Waals surface area (Å²) in [5, 5.41) is 0.696. The Balaban J connectivity index is 2.79. The van der Waals surface area contributed by atoms with Crippen molar-refractivity contribution in [3.05, 3.63) is 28.4 Å². The molecule has 0 aliphatic heterocycles. The number of hydrogen-bond acceptors (Lipinski definition) is 3. The minimum Gasteiger partial charge on any atom is -0.449 e. The normalized spacial score (nSPS) is 10.6. The first-order chi connectivity index (χ1) is 6.59. The highest BCUT2D eigenvalue weighted by Gasteiger charge is 2.15. The lowest BCUT2D eigenvalue weighted by molar-refractivity contribution is 0.0977. The second kappa shape index (κ2) is 3.02. The molecule has 0 unspecified atom stereocenters. The minimum atomic E-state index is -0.658. The van der Waals surface area contributed by atoms with E-state index in [-0.39, 0.29) is 5.76 Å². The Labute approximate surface area is 88.0 Å². The molecule has 1 amide bonds. The standard InChI is InChI=1S/C9H7BrN2O2/c10-4-1-2-5-6(3-4)14-8(7(5)11)9(12)13/h1-3H,11H2,(H2,12,13). The van der Waals surface area contributed by atoms with Crippen molar-refractivity contribution in [1.82, 2.24) is 0 Å². The summed E-state index contributed by atoms with van der Waals surface area (Å²) in [6, 6.07) is 5.32. The van der Waals surface area contributed by atoms with Crippen LogP contribution in [0, 0.1) is 0 Å². The van der Waals surface area contributed by atoms with Crippen LogP contribution in [-0.4, -0.2) is 5.91 Å². The predicted molar refractivity (Wildman–Crippen MR) is 56.8 cm³/mol. The van der Waals surface area contributed by atoms with E-state index in [0.29, 0.717) is 16.7 Å². The first-order valence-corrected chi connectivity index (χ1v) is 4.66. The van der Waals surface area contributed by atoms with Gasteiger partial charge in [-0.3, -0.25) is 4.79 Å². The van der Waals surface area contributed by atoms with Crippen molar-refractivity contribution in [2.45, 2.75) is 0 Å². The average Bonchev–Trinajstić information content (AvgIpc) is 2.43. The van der Waals surface area contributed by atoms with E-state index in [2.05, 4.69) is 15.9 Å². The maximum atomic E-state index is 10.9. The first kappa shape index (κ1) is 9.08. The van der Waals surface area contributed by atoms with Crippen LogP contribution in [0.5, 0.6) is 0 Å². The van der Waals surface area contributed by atoms with Crippen LogP contribution in [0.25, 0.3) is 11.0 Å². The van der Waals surface area contributed by atoms with Crippen molar-refractivity contribution in [2.24, 2.45) is 5.73 Å². The molecule has 1 heterocycles. The summed E-state index contributed by atoms with van der Waals surface area (Å²) in [6.07, 6.45) is 0. The van der Waals surface area contributed by atoms with Gasteiger partial charge in [0, 0.05) is 9.86 Å². The second-order valence-electron chi connectivity index (χ2n) is 2.85. The van der Waals surface area contributed by atoms with Crippen LogP contribution in [-0.2, 0) is 0 Å². The lowest BCUT2D eigenvalue weighted by atomic mass is 10.2. The van der Waals surface area contributed by atoms with Gasteiger partial charge in [-0.15, -0.1) is 0 Å². The lowest BCUT2D eigenvalue weighted by Crippen LogP contribution is -2.11. The second-order valence-corrected chi connectivity index (χ2v) is 3.77. The van der Waals surface area contributed by atoms with Gasteiger partial charge < -0.3 is 15.9 Å². The number of halogens is 1. The van der Waals surface area contributed by atoms with E-state index in [0.717, 1.165) is 4.47 Å². The van der Waals surface area contributed by atoms with Gasteiger partial charge in [0.2, 0.25) is 5.76 Å². The van der Waals surface area contributed by atoms with Crippen molar-refractivity contribution < 1.29 is 9.21 Å². The number of amides is 1. The lowest BCUT2D eigenvalue weighted by Gasteiger charge is -1.90. The molecule has 2 rings (SSSR count). The molecule has 1 aromatic carbocycles. The SMILES string of the molecule is NC(=O)c1oc2cc(Br)ccc2c1N. The number of furan rings is 1. The zero-order valence-electron chi connectivity index (χ0n) is 7.08. The summed E-state index contributed by atoms with van der Waals surface area (Å²) in [5.74, 6) is -0.645. The van der Waals surface area contributed by atoms with Crippen molar-refractivity contribution >= 4 is 38.5 Å². The molecule has 0 radical (unpaired) electrons. The number of nitrogen functional groups attached to an aromatic ring is 1. The molecule has 0 atom stereocenters. The van der Waals surface area contributed by atoms with E-state index < -0.39 is 5.91 Å². The fourth-order valence-electron chi connectivity index (χ4n) is 1.27. The number of fused-ring (bicyclic) bond motifs is 1. The molecule has 0 saturated carbocycles. The molecule has 72 valence electrons. The zero-order chi connectivity index (χ0) is 10.3. The van der Waals surface area contributed by atoms with Gasteiger partial charge >= 0.3 is 0 Å². The molecule has 14 heavy (non-hydrogen) atoms. The Morgan fingerprint density at radius 3 is 2.79 bits per heavy atom.